The van der Waals surface area contributed by atoms with Crippen molar-refractivity contribution in [3.63, 3.8) is 0 Å². The summed E-state index contributed by atoms with van der Waals surface area (Å²) in [7, 11) is 0. The van der Waals surface area contributed by atoms with Crippen molar-refractivity contribution in [3.05, 3.63) is 77.7 Å². The van der Waals surface area contributed by atoms with Crippen molar-refractivity contribution >= 4 is 11.8 Å². The van der Waals surface area contributed by atoms with Crippen LogP contribution < -0.4 is 5.73 Å². The van der Waals surface area contributed by atoms with Crippen LogP contribution in [-0.4, -0.2) is 16.9 Å². The minimum Gasteiger partial charge on any atom is -0.481 e. The van der Waals surface area contributed by atoms with Crippen molar-refractivity contribution in [2.45, 2.75) is 44.4 Å². The molecule has 2 aromatic rings. The number of hydrogen-bond acceptors (Lipinski definition) is 2. The molecule has 2 rings (SSSR count). The van der Waals surface area contributed by atoms with Crippen LogP contribution in [0.3, 0.4) is 0 Å². The van der Waals surface area contributed by atoms with Gasteiger partial charge in [-0.05, 0) is 49.1 Å². The Balaban J connectivity index is 2.07. The van der Waals surface area contributed by atoms with E-state index in [9.17, 15) is 4.79 Å². The Bertz CT molecular complexity index is 686. The van der Waals surface area contributed by atoms with E-state index in [1.54, 1.807) is 0 Å². The first-order valence-electron chi connectivity index (χ1n) is 9.07. The highest BCUT2D eigenvalue weighted by Crippen LogP contribution is 2.34. The maximum Gasteiger partial charge on any atom is 0.303 e. The lowest BCUT2D eigenvalue weighted by Gasteiger charge is -2.26. The van der Waals surface area contributed by atoms with Crippen LogP contribution >= 0.6 is 0 Å². The van der Waals surface area contributed by atoms with Crippen molar-refractivity contribution in [1.82, 2.24) is 0 Å². The summed E-state index contributed by atoms with van der Waals surface area (Å²) in [6.45, 7) is 0. The molecule has 0 saturated carbocycles. The van der Waals surface area contributed by atoms with Crippen molar-refractivity contribution in [2.75, 3.05) is 0 Å². The Morgan fingerprint density at radius 3 is 2.08 bits per heavy atom. The lowest BCUT2D eigenvalue weighted by Crippen LogP contribution is -2.26. The zero-order valence-electron chi connectivity index (χ0n) is 15.0. The molecule has 2 aromatic carbocycles. The first-order chi connectivity index (χ1) is 12.6. The zero-order valence-corrected chi connectivity index (χ0v) is 15.0. The maximum atomic E-state index is 10.9. The zero-order chi connectivity index (χ0) is 18.8. The third-order valence-electron chi connectivity index (χ3n) is 4.55. The van der Waals surface area contributed by atoms with Crippen LogP contribution in [0.1, 0.15) is 49.1 Å². The molecule has 0 aromatic heterocycles. The fraction of sp³-hybridized carbons (Fsp3) is 0.318. The van der Waals surface area contributed by atoms with Gasteiger partial charge in [0.2, 0.25) is 0 Å². The topological polar surface area (TPSA) is 87.2 Å². The van der Waals surface area contributed by atoms with Gasteiger partial charge in [-0.1, -0.05) is 60.7 Å². The Labute approximate surface area is 155 Å². The van der Waals surface area contributed by atoms with Gasteiger partial charge in [0.05, 0.1) is 5.84 Å². The van der Waals surface area contributed by atoms with Gasteiger partial charge in [0.15, 0.2) is 0 Å². The first kappa shape index (κ1) is 19.7. The van der Waals surface area contributed by atoms with Gasteiger partial charge in [0, 0.05) is 12.3 Å². The van der Waals surface area contributed by atoms with Gasteiger partial charge in [0.1, 0.15) is 0 Å². The molecule has 0 aliphatic rings. The van der Waals surface area contributed by atoms with E-state index in [0.717, 1.165) is 30.7 Å². The average Bonchev–Trinajstić information content (AvgIpc) is 2.63. The van der Waals surface area contributed by atoms with E-state index in [-0.39, 0.29) is 18.2 Å². The smallest absolute Gasteiger partial charge is 0.303 e. The number of aryl methyl sites for hydroxylation is 1. The summed E-state index contributed by atoms with van der Waals surface area (Å²) >= 11 is 0. The Hall–Kier alpha value is -2.62. The normalized spacial score (nSPS) is 12.0. The number of hydrogen-bond donors (Lipinski definition) is 3. The summed E-state index contributed by atoms with van der Waals surface area (Å²) in [6, 6.07) is 20.1. The summed E-state index contributed by atoms with van der Waals surface area (Å²) in [6.07, 6.45) is 4.16. The van der Waals surface area contributed by atoms with Crippen LogP contribution in [0.25, 0.3) is 0 Å². The SMILES string of the molecule is N=C(N)C([C](CCCC(=O)O)CCCc1ccccc1)c1ccccc1. The predicted octanol–water partition coefficient (Wildman–Crippen LogP) is 4.56. The second-order valence-electron chi connectivity index (χ2n) is 6.54. The summed E-state index contributed by atoms with van der Waals surface area (Å²) in [4.78, 5) is 10.9. The summed E-state index contributed by atoms with van der Waals surface area (Å²) in [5.41, 5.74) is 8.22. The Morgan fingerprint density at radius 1 is 0.923 bits per heavy atom. The van der Waals surface area contributed by atoms with Gasteiger partial charge in [-0.2, -0.15) is 0 Å². The van der Waals surface area contributed by atoms with E-state index >= 15 is 0 Å². The van der Waals surface area contributed by atoms with Crippen LogP contribution in [0.4, 0.5) is 0 Å². The molecule has 0 heterocycles. The molecule has 0 aliphatic heterocycles. The molecule has 4 heteroatoms. The second kappa shape index (κ2) is 10.4. The third kappa shape index (κ3) is 6.36. The molecule has 137 valence electrons. The molecule has 0 saturated heterocycles. The predicted molar refractivity (Wildman–Crippen MR) is 105 cm³/mol. The molecular formula is C22H27N2O2. The second-order valence-corrected chi connectivity index (χ2v) is 6.54. The molecule has 1 unspecified atom stereocenters. The number of nitrogens with one attached hydrogen (secondary N) is 1. The first-order valence-corrected chi connectivity index (χ1v) is 9.07. The van der Waals surface area contributed by atoms with Crippen LogP contribution in [0.5, 0.6) is 0 Å². The number of benzene rings is 2. The Kier molecular flexibility index (Phi) is 7.87. The monoisotopic (exact) mass is 351 g/mol. The van der Waals surface area contributed by atoms with E-state index in [4.69, 9.17) is 16.2 Å². The molecule has 1 radical (unpaired) electrons. The highest BCUT2D eigenvalue weighted by molar-refractivity contribution is 5.87. The highest BCUT2D eigenvalue weighted by atomic mass is 16.4. The molecule has 1 atom stereocenters. The van der Waals surface area contributed by atoms with E-state index in [1.165, 1.54) is 5.56 Å². The number of carbonyl (C=O) groups is 1. The molecule has 0 fully saturated rings. The number of carboxylic acids is 1. The van der Waals surface area contributed by atoms with Crippen molar-refractivity contribution in [2.24, 2.45) is 5.73 Å². The molecule has 26 heavy (non-hydrogen) atoms. The van der Waals surface area contributed by atoms with Crippen LogP contribution in [0.15, 0.2) is 60.7 Å². The standard InChI is InChI=1S/C22H27N2O2/c23-22(24)21(18-12-5-2-6-13-18)19(15-8-16-20(25)26)14-7-11-17-9-3-1-4-10-17/h1-6,9-10,12-13,21H,7-8,11,14-16H2,(H3,23,24)(H,25,26). The molecule has 4 nitrogen and oxygen atoms in total. The van der Waals surface area contributed by atoms with Crippen LogP contribution in [0.2, 0.25) is 0 Å². The maximum absolute atomic E-state index is 10.9. The van der Waals surface area contributed by atoms with Gasteiger partial charge in [-0.3, -0.25) is 10.2 Å². The quantitative estimate of drug-likeness (QED) is 0.410. The third-order valence-corrected chi connectivity index (χ3v) is 4.55. The molecule has 0 aliphatic carbocycles. The van der Waals surface area contributed by atoms with Crippen LogP contribution in [-0.2, 0) is 11.2 Å². The summed E-state index contributed by atoms with van der Waals surface area (Å²) in [5.74, 6) is 0.260. The summed E-state index contributed by atoms with van der Waals surface area (Å²) < 4.78 is 0. The molecule has 0 bridgehead atoms. The molecule has 4 N–H and O–H groups in total. The van der Waals surface area contributed by atoms with E-state index < -0.39 is 5.97 Å². The van der Waals surface area contributed by atoms with E-state index in [1.807, 2.05) is 48.5 Å². The lowest BCUT2D eigenvalue weighted by molar-refractivity contribution is -0.137. The molecular weight excluding hydrogens is 324 g/mol. The van der Waals surface area contributed by atoms with Gasteiger partial charge >= 0.3 is 5.97 Å². The largest absolute Gasteiger partial charge is 0.481 e. The molecule has 0 amide bonds. The molecule has 0 spiro atoms. The summed E-state index contributed by atoms with van der Waals surface area (Å²) in [5, 5.41) is 17.0. The Morgan fingerprint density at radius 2 is 1.50 bits per heavy atom. The number of carboxylic acid groups (broad SMARTS) is 1. The van der Waals surface area contributed by atoms with Gasteiger partial charge < -0.3 is 10.8 Å². The lowest BCUT2D eigenvalue weighted by atomic mass is 9.79. The number of rotatable bonds is 11. The fourth-order valence-corrected chi connectivity index (χ4v) is 3.33. The van der Waals surface area contributed by atoms with E-state index in [0.29, 0.717) is 12.8 Å². The average molecular weight is 351 g/mol. The number of amidine groups is 1. The van der Waals surface area contributed by atoms with Crippen LogP contribution in [0, 0.1) is 11.3 Å². The van der Waals surface area contributed by atoms with Crippen molar-refractivity contribution in [1.29, 1.82) is 5.41 Å². The number of nitrogens with two attached hydrogens (primary N) is 1. The van der Waals surface area contributed by atoms with Crippen molar-refractivity contribution in [3.8, 4) is 0 Å². The van der Waals surface area contributed by atoms with Crippen molar-refractivity contribution < 1.29 is 9.90 Å². The number of aliphatic carboxylic acids is 1. The minimum atomic E-state index is -0.785. The minimum absolute atomic E-state index is 0.126. The van der Waals surface area contributed by atoms with Gasteiger partial charge in [0.25, 0.3) is 0 Å². The van der Waals surface area contributed by atoms with E-state index in [2.05, 4.69) is 12.1 Å². The van der Waals surface area contributed by atoms with Gasteiger partial charge in [-0.15, -0.1) is 0 Å². The highest BCUT2D eigenvalue weighted by Gasteiger charge is 2.26. The fourth-order valence-electron chi connectivity index (χ4n) is 3.33. The van der Waals surface area contributed by atoms with Gasteiger partial charge in [-0.25, -0.2) is 0 Å².